The number of aliphatic carboxylic acids is 1. The van der Waals surface area contributed by atoms with E-state index in [0.29, 0.717) is 44.9 Å². The molecule has 0 bridgehead atoms. The van der Waals surface area contributed by atoms with E-state index in [1.54, 1.807) is 0 Å². The van der Waals surface area contributed by atoms with E-state index in [4.69, 9.17) is 18.9 Å². The van der Waals surface area contributed by atoms with Gasteiger partial charge in [-0.25, -0.2) is 0 Å². The van der Waals surface area contributed by atoms with Crippen molar-refractivity contribution in [1.29, 1.82) is 0 Å². The maximum atomic E-state index is 13.1. The van der Waals surface area contributed by atoms with E-state index in [9.17, 15) is 61.0 Å². The van der Waals surface area contributed by atoms with Gasteiger partial charge in [0.2, 0.25) is 0 Å². The number of hydrogen-bond acceptors (Lipinski definition) is 15. The zero-order valence-corrected chi connectivity index (χ0v) is 34.6. The van der Waals surface area contributed by atoms with Crippen molar-refractivity contribution in [2.24, 2.45) is 50.2 Å². The average molecular weight is 829 g/mol. The van der Waals surface area contributed by atoms with Crippen LogP contribution in [0.1, 0.15) is 92.9 Å². The first-order chi connectivity index (χ1) is 27.0. The molecule has 0 spiro atoms. The van der Waals surface area contributed by atoms with E-state index >= 15 is 0 Å². The summed E-state index contributed by atoms with van der Waals surface area (Å²) in [6.07, 6.45) is -13.4. The SMILES string of the molecule is CC1(C)CCC2(C(=O)O)C(O)CC3(C)C(=CCC4C5(C)CC(O)C(OC6OC(CO)C(O)C(OC7OC(CO)C(O)C(O)C7O)C6O)C(C)(CO)C5CCC43C)C2C1. The third-order valence-corrected chi connectivity index (χ3v) is 17.4. The van der Waals surface area contributed by atoms with Gasteiger partial charge in [-0.1, -0.05) is 53.2 Å². The summed E-state index contributed by atoms with van der Waals surface area (Å²) >= 11 is 0. The Morgan fingerprint density at radius 2 is 1.36 bits per heavy atom. The normalized spacial score (nSPS) is 55.3. The third-order valence-electron chi connectivity index (χ3n) is 17.4. The number of carbonyl (C=O) groups is 1. The Morgan fingerprint density at radius 1 is 0.741 bits per heavy atom. The summed E-state index contributed by atoms with van der Waals surface area (Å²) in [6, 6.07) is 0. The highest BCUT2D eigenvalue weighted by atomic mass is 16.7. The Bertz CT molecular complexity index is 1570. The molecule has 2 heterocycles. The standard InChI is InChI=1S/C42H68O16/c1-37(2)11-12-42(36(53)54)20(13-37)19-7-8-25-38(3)14-21(46)33(39(4,18-45)24(38)9-10-40(25,5)41(19,6)15-26(42)47)58-35-31(52)32(28(49)23(17-44)56-35)57-34-30(51)29(50)27(48)22(16-43)55-34/h7,20-35,43-52H,8-18H2,1-6H3,(H,53,54). The van der Waals surface area contributed by atoms with Crippen molar-refractivity contribution in [2.45, 2.75) is 173 Å². The minimum absolute atomic E-state index is 0.0307. The number of hydrogen-bond donors (Lipinski definition) is 11. The van der Waals surface area contributed by atoms with Crippen LogP contribution in [0.2, 0.25) is 0 Å². The second-order valence-electron chi connectivity index (χ2n) is 20.8. The van der Waals surface area contributed by atoms with E-state index in [1.807, 2.05) is 6.92 Å². The highest BCUT2D eigenvalue weighted by Gasteiger charge is 2.72. The molecule has 0 aromatic heterocycles. The lowest BCUT2D eigenvalue weighted by atomic mass is 9.33. The fourth-order valence-electron chi connectivity index (χ4n) is 13.9. The monoisotopic (exact) mass is 828 g/mol. The molecule has 6 fully saturated rings. The molecule has 2 saturated heterocycles. The number of allylic oxidation sites excluding steroid dienone is 2. The van der Waals surface area contributed by atoms with Crippen LogP contribution in [0, 0.1) is 50.2 Å². The minimum atomic E-state index is -1.85. The molecule has 16 heteroatoms. The Morgan fingerprint density at radius 3 is 1.97 bits per heavy atom. The lowest BCUT2D eigenvalue weighted by Crippen LogP contribution is -2.70. The van der Waals surface area contributed by atoms with Crippen LogP contribution >= 0.6 is 0 Å². The van der Waals surface area contributed by atoms with Crippen molar-refractivity contribution in [3.63, 3.8) is 0 Å². The Kier molecular flexibility index (Phi) is 11.7. The number of rotatable bonds is 8. The summed E-state index contributed by atoms with van der Waals surface area (Å²) in [4.78, 5) is 13.1. The van der Waals surface area contributed by atoms with E-state index in [0.717, 1.165) is 5.57 Å². The van der Waals surface area contributed by atoms with Crippen molar-refractivity contribution < 1.29 is 79.9 Å². The summed E-state index contributed by atoms with van der Waals surface area (Å²) in [7, 11) is 0. The van der Waals surface area contributed by atoms with Gasteiger partial charge in [-0.2, -0.15) is 0 Å². The van der Waals surface area contributed by atoms with Crippen LogP contribution in [-0.2, 0) is 23.7 Å². The van der Waals surface area contributed by atoms with Crippen molar-refractivity contribution in [3.05, 3.63) is 11.6 Å². The quantitative estimate of drug-likeness (QED) is 0.112. The summed E-state index contributed by atoms with van der Waals surface area (Å²) in [5.41, 5.74) is -2.84. The van der Waals surface area contributed by atoms with Gasteiger partial charge in [0.15, 0.2) is 12.6 Å². The fraction of sp³-hybridized carbons (Fsp3) is 0.929. The molecule has 4 saturated carbocycles. The van der Waals surface area contributed by atoms with Gasteiger partial charge in [0, 0.05) is 5.41 Å². The number of carboxylic acids is 1. The number of ether oxygens (including phenoxy) is 4. The highest BCUT2D eigenvalue weighted by Crippen LogP contribution is 2.76. The van der Waals surface area contributed by atoms with Gasteiger partial charge in [-0.3, -0.25) is 4.79 Å². The maximum absolute atomic E-state index is 13.1. The number of aliphatic hydroxyl groups is 10. The molecular formula is C42H68O16. The Labute approximate surface area is 339 Å². The lowest BCUT2D eigenvalue weighted by Gasteiger charge is -2.72. The molecular weight excluding hydrogens is 760 g/mol. The van der Waals surface area contributed by atoms with Crippen molar-refractivity contribution >= 4 is 5.97 Å². The first-order valence-electron chi connectivity index (χ1n) is 21.2. The lowest BCUT2D eigenvalue weighted by molar-refractivity contribution is -0.375. The highest BCUT2D eigenvalue weighted by molar-refractivity contribution is 5.77. The van der Waals surface area contributed by atoms with Crippen LogP contribution in [0.5, 0.6) is 0 Å². The van der Waals surface area contributed by atoms with E-state index in [-0.39, 0.29) is 29.6 Å². The first-order valence-corrected chi connectivity index (χ1v) is 21.2. The Hall–Kier alpha value is -1.35. The minimum Gasteiger partial charge on any atom is -0.481 e. The molecule has 7 aliphatic rings. The van der Waals surface area contributed by atoms with Crippen LogP contribution in [0.3, 0.4) is 0 Å². The van der Waals surface area contributed by atoms with E-state index in [2.05, 4.69) is 40.7 Å². The topological polar surface area (TPSA) is 277 Å². The summed E-state index contributed by atoms with van der Waals surface area (Å²) in [5.74, 6) is -1.52. The predicted octanol–water partition coefficient (Wildman–Crippen LogP) is -0.204. The van der Waals surface area contributed by atoms with Gasteiger partial charge in [0.05, 0.1) is 38.1 Å². The molecule has 21 atom stereocenters. The molecule has 0 aromatic carbocycles. The van der Waals surface area contributed by atoms with Crippen LogP contribution in [0.4, 0.5) is 0 Å². The maximum Gasteiger partial charge on any atom is 0.312 e. The molecule has 0 amide bonds. The largest absolute Gasteiger partial charge is 0.481 e. The van der Waals surface area contributed by atoms with Gasteiger partial charge in [0.25, 0.3) is 0 Å². The van der Waals surface area contributed by atoms with Crippen LogP contribution in [0.15, 0.2) is 11.6 Å². The van der Waals surface area contributed by atoms with Crippen LogP contribution in [-0.4, -0.2) is 162 Å². The number of carboxylic acid groups (broad SMARTS) is 1. The van der Waals surface area contributed by atoms with Gasteiger partial charge >= 0.3 is 5.97 Å². The van der Waals surface area contributed by atoms with Crippen molar-refractivity contribution in [2.75, 3.05) is 19.8 Å². The molecule has 7 rings (SSSR count). The van der Waals surface area contributed by atoms with E-state index in [1.165, 1.54) is 0 Å². The molecule has 332 valence electrons. The number of aliphatic hydroxyl groups excluding tert-OH is 10. The number of fused-ring (bicyclic) bond motifs is 7. The van der Waals surface area contributed by atoms with Crippen LogP contribution in [0.25, 0.3) is 0 Å². The molecule has 2 aliphatic heterocycles. The zero-order valence-electron chi connectivity index (χ0n) is 34.6. The van der Waals surface area contributed by atoms with Crippen molar-refractivity contribution in [1.82, 2.24) is 0 Å². The van der Waals surface area contributed by atoms with Gasteiger partial charge in [-0.15, -0.1) is 0 Å². The predicted molar refractivity (Wildman–Crippen MR) is 202 cm³/mol. The average Bonchev–Trinajstić information content (AvgIpc) is 3.15. The zero-order chi connectivity index (χ0) is 42.7. The Balaban J connectivity index is 1.17. The third kappa shape index (κ3) is 6.33. The van der Waals surface area contributed by atoms with Crippen molar-refractivity contribution in [3.8, 4) is 0 Å². The van der Waals surface area contributed by atoms with Gasteiger partial charge in [0.1, 0.15) is 54.2 Å². The summed E-state index contributed by atoms with van der Waals surface area (Å²) in [6.45, 7) is 10.9. The summed E-state index contributed by atoms with van der Waals surface area (Å²) < 4.78 is 23.5. The summed E-state index contributed by atoms with van der Waals surface area (Å²) in [5, 5.41) is 120. The molecule has 11 N–H and O–H groups in total. The molecule has 0 radical (unpaired) electrons. The molecule has 21 unspecified atom stereocenters. The van der Waals surface area contributed by atoms with E-state index < -0.39 is 133 Å². The second kappa shape index (κ2) is 15.2. The van der Waals surface area contributed by atoms with Gasteiger partial charge in [-0.05, 0) is 90.8 Å². The molecule has 0 aromatic rings. The van der Waals surface area contributed by atoms with Gasteiger partial charge < -0.3 is 75.1 Å². The molecule has 16 nitrogen and oxygen atoms in total. The fourth-order valence-corrected chi connectivity index (χ4v) is 13.9. The second-order valence-corrected chi connectivity index (χ2v) is 20.8. The van der Waals surface area contributed by atoms with Crippen LogP contribution < -0.4 is 0 Å². The molecule has 58 heavy (non-hydrogen) atoms. The first kappa shape index (κ1) is 44.7. The molecule has 5 aliphatic carbocycles. The smallest absolute Gasteiger partial charge is 0.312 e.